The fourth-order valence-electron chi connectivity index (χ4n) is 2.07. The van der Waals surface area contributed by atoms with E-state index in [2.05, 4.69) is 14.9 Å². The number of hydrogen-bond acceptors (Lipinski definition) is 4. The van der Waals surface area contributed by atoms with Crippen LogP contribution in [0.2, 0.25) is 5.15 Å². The van der Waals surface area contributed by atoms with E-state index < -0.39 is 5.60 Å². The largest absolute Gasteiger partial charge is 0.382 e. The number of nitrogens with zero attached hydrogens (tertiary/aromatic N) is 3. The van der Waals surface area contributed by atoms with Gasteiger partial charge in [-0.25, -0.2) is 4.98 Å². The van der Waals surface area contributed by atoms with Crippen LogP contribution in [0.25, 0.3) is 0 Å². The highest BCUT2D eigenvalue weighted by atomic mass is 35.5. The third-order valence-corrected chi connectivity index (χ3v) is 3.03. The Hall–Kier alpha value is -0.710. The van der Waals surface area contributed by atoms with Crippen molar-refractivity contribution in [1.29, 1.82) is 0 Å². The zero-order chi connectivity index (χ0) is 10.9. The lowest BCUT2D eigenvalue weighted by atomic mass is 9.90. The lowest BCUT2D eigenvalue weighted by Gasteiger charge is -2.36. The van der Waals surface area contributed by atoms with Gasteiger partial charge in [0.1, 0.15) is 11.3 Å². The number of piperidine rings is 1. The highest BCUT2D eigenvalue weighted by Gasteiger charge is 2.36. The first-order chi connectivity index (χ1) is 7.12. The highest BCUT2D eigenvalue weighted by Crippen LogP contribution is 2.32. The molecule has 0 saturated carbocycles. The van der Waals surface area contributed by atoms with Gasteiger partial charge in [-0.1, -0.05) is 11.6 Å². The van der Waals surface area contributed by atoms with Crippen molar-refractivity contribution in [2.75, 3.05) is 20.1 Å². The second-order valence-corrected chi connectivity index (χ2v) is 4.43. The first-order valence-electron chi connectivity index (χ1n) is 5.00. The van der Waals surface area contributed by atoms with Crippen molar-refractivity contribution < 1.29 is 5.11 Å². The number of halogens is 1. The second kappa shape index (κ2) is 4.04. The molecule has 1 aliphatic heterocycles. The molecule has 0 radical (unpaired) electrons. The Morgan fingerprint density at radius 1 is 1.47 bits per heavy atom. The summed E-state index contributed by atoms with van der Waals surface area (Å²) >= 11 is 5.94. The first kappa shape index (κ1) is 10.8. The minimum Gasteiger partial charge on any atom is -0.382 e. The molecule has 1 aliphatic rings. The molecular weight excluding hydrogens is 214 g/mol. The number of aromatic nitrogens is 2. The van der Waals surface area contributed by atoms with Crippen LogP contribution in [0.15, 0.2) is 12.4 Å². The molecule has 2 heterocycles. The first-order valence-corrected chi connectivity index (χ1v) is 5.37. The molecular formula is C10H14ClN3O. The molecule has 0 spiro atoms. The van der Waals surface area contributed by atoms with Crippen LogP contribution in [0.1, 0.15) is 18.5 Å². The smallest absolute Gasteiger partial charge is 0.153 e. The van der Waals surface area contributed by atoms with E-state index in [1.807, 2.05) is 7.05 Å². The van der Waals surface area contributed by atoms with Gasteiger partial charge in [0.25, 0.3) is 0 Å². The van der Waals surface area contributed by atoms with Gasteiger partial charge in [0.05, 0.1) is 0 Å². The zero-order valence-corrected chi connectivity index (χ0v) is 9.41. The lowest BCUT2D eigenvalue weighted by Crippen LogP contribution is -2.45. The van der Waals surface area contributed by atoms with Gasteiger partial charge >= 0.3 is 0 Å². The van der Waals surface area contributed by atoms with Crippen LogP contribution in [0.4, 0.5) is 0 Å². The summed E-state index contributed by atoms with van der Waals surface area (Å²) < 4.78 is 0. The normalized spacial score (nSPS) is 27.9. The second-order valence-electron chi connectivity index (χ2n) is 4.07. The summed E-state index contributed by atoms with van der Waals surface area (Å²) in [7, 11) is 1.98. The molecule has 1 N–H and O–H groups in total. The minimum absolute atomic E-state index is 0.301. The summed E-state index contributed by atoms with van der Waals surface area (Å²) in [6.45, 7) is 1.56. The predicted octanol–water partition coefficient (Wildman–Crippen LogP) is 1.04. The summed E-state index contributed by atoms with van der Waals surface area (Å²) in [5.74, 6) is 0. The zero-order valence-electron chi connectivity index (χ0n) is 8.65. The Bertz CT molecular complexity index is 360. The number of hydrogen-bond donors (Lipinski definition) is 1. The maximum Gasteiger partial charge on any atom is 0.153 e. The summed E-state index contributed by atoms with van der Waals surface area (Å²) in [5, 5.41) is 10.8. The molecule has 0 bridgehead atoms. The third kappa shape index (κ3) is 2.12. The molecule has 1 fully saturated rings. The van der Waals surface area contributed by atoms with E-state index in [1.54, 1.807) is 6.20 Å². The van der Waals surface area contributed by atoms with Gasteiger partial charge in [-0.05, 0) is 26.4 Å². The number of aliphatic hydroxyl groups is 1. The highest BCUT2D eigenvalue weighted by molar-refractivity contribution is 6.30. The molecule has 1 aromatic rings. The van der Waals surface area contributed by atoms with Crippen molar-refractivity contribution in [1.82, 2.24) is 14.9 Å². The Morgan fingerprint density at radius 3 is 2.87 bits per heavy atom. The van der Waals surface area contributed by atoms with Crippen molar-refractivity contribution in [3.63, 3.8) is 0 Å². The SMILES string of the molecule is CN1CCCC(O)(c2nccnc2Cl)C1. The fraction of sp³-hybridized carbons (Fsp3) is 0.600. The lowest BCUT2D eigenvalue weighted by molar-refractivity contribution is -0.0313. The molecule has 1 atom stereocenters. The molecule has 0 aliphatic carbocycles. The fourth-order valence-corrected chi connectivity index (χ4v) is 2.35. The molecule has 2 rings (SSSR count). The van der Waals surface area contributed by atoms with E-state index in [1.165, 1.54) is 6.20 Å². The van der Waals surface area contributed by atoms with E-state index >= 15 is 0 Å². The predicted molar refractivity (Wildman–Crippen MR) is 57.7 cm³/mol. The summed E-state index contributed by atoms with van der Waals surface area (Å²) in [4.78, 5) is 10.2. The van der Waals surface area contributed by atoms with Crippen molar-refractivity contribution in [3.8, 4) is 0 Å². The molecule has 1 unspecified atom stereocenters. The number of likely N-dealkylation sites (tertiary alicyclic amines) is 1. The third-order valence-electron chi connectivity index (χ3n) is 2.76. The monoisotopic (exact) mass is 227 g/mol. The molecule has 1 saturated heterocycles. The van der Waals surface area contributed by atoms with E-state index in [4.69, 9.17) is 11.6 Å². The van der Waals surface area contributed by atoms with Gasteiger partial charge in [0, 0.05) is 18.9 Å². The van der Waals surface area contributed by atoms with E-state index in [-0.39, 0.29) is 0 Å². The molecule has 4 nitrogen and oxygen atoms in total. The number of likely N-dealkylation sites (N-methyl/N-ethyl adjacent to an activating group) is 1. The van der Waals surface area contributed by atoms with Crippen LogP contribution in [0, 0.1) is 0 Å². The van der Waals surface area contributed by atoms with Crippen LogP contribution < -0.4 is 0 Å². The van der Waals surface area contributed by atoms with E-state index in [9.17, 15) is 5.11 Å². The molecule has 5 heteroatoms. The van der Waals surface area contributed by atoms with Crippen molar-refractivity contribution >= 4 is 11.6 Å². The maximum absolute atomic E-state index is 10.5. The van der Waals surface area contributed by atoms with Gasteiger partial charge in [0.15, 0.2) is 5.15 Å². The molecule has 15 heavy (non-hydrogen) atoms. The summed E-state index contributed by atoms with van der Waals surface area (Å²) in [6, 6.07) is 0. The van der Waals surface area contributed by atoms with Crippen LogP contribution in [-0.2, 0) is 5.60 Å². The van der Waals surface area contributed by atoms with Crippen molar-refractivity contribution in [2.24, 2.45) is 0 Å². The Labute approximate surface area is 93.9 Å². The van der Waals surface area contributed by atoms with Crippen molar-refractivity contribution in [3.05, 3.63) is 23.2 Å². The van der Waals surface area contributed by atoms with Gasteiger partial charge in [-0.3, -0.25) is 4.98 Å². The Kier molecular flexibility index (Phi) is 2.91. The average Bonchev–Trinajstić information content (AvgIpc) is 2.17. The molecule has 0 amide bonds. The Morgan fingerprint density at radius 2 is 2.20 bits per heavy atom. The standard InChI is InChI=1S/C10H14ClN3O/c1-14-6-2-3-10(15,7-14)8-9(11)13-5-4-12-8/h4-5,15H,2-3,6-7H2,1H3. The average molecular weight is 228 g/mol. The van der Waals surface area contributed by atoms with Gasteiger partial charge < -0.3 is 10.0 Å². The van der Waals surface area contributed by atoms with Crippen LogP contribution >= 0.6 is 11.6 Å². The van der Waals surface area contributed by atoms with Gasteiger partial charge in [-0.2, -0.15) is 0 Å². The number of rotatable bonds is 1. The molecule has 0 aromatic carbocycles. The van der Waals surface area contributed by atoms with Crippen LogP contribution in [0.5, 0.6) is 0 Å². The number of β-amino-alcohol motifs (C(OH)–C–C–N with tert-alkyl or cyclic N) is 1. The topological polar surface area (TPSA) is 49.2 Å². The van der Waals surface area contributed by atoms with E-state index in [0.717, 1.165) is 13.0 Å². The molecule has 1 aromatic heterocycles. The van der Waals surface area contributed by atoms with Crippen LogP contribution in [-0.4, -0.2) is 40.1 Å². The summed E-state index contributed by atoms with van der Waals surface area (Å²) in [5.41, 5.74) is -0.448. The minimum atomic E-state index is -0.946. The summed E-state index contributed by atoms with van der Waals surface area (Å²) in [6.07, 6.45) is 4.73. The Balaban J connectivity index is 2.32. The van der Waals surface area contributed by atoms with Crippen molar-refractivity contribution in [2.45, 2.75) is 18.4 Å². The van der Waals surface area contributed by atoms with Gasteiger partial charge in [-0.15, -0.1) is 0 Å². The maximum atomic E-state index is 10.5. The van der Waals surface area contributed by atoms with Gasteiger partial charge in [0.2, 0.25) is 0 Å². The van der Waals surface area contributed by atoms with E-state index in [0.29, 0.717) is 23.8 Å². The van der Waals surface area contributed by atoms with Crippen LogP contribution in [0.3, 0.4) is 0 Å². The quantitative estimate of drug-likeness (QED) is 0.779. The molecule has 82 valence electrons.